The van der Waals surface area contributed by atoms with Crippen molar-refractivity contribution in [2.45, 2.75) is 12.8 Å². The van der Waals surface area contributed by atoms with E-state index in [1.54, 1.807) is 12.4 Å². The molecule has 3 aromatic rings. The number of rotatable bonds is 4. The second kappa shape index (κ2) is 7.03. The van der Waals surface area contributed by atoms with E-state index in [0.29, 0.717) is 18.2 Å². The van der Waals surface area contributed by atoms with Crippen LogP contribution in [-0.2, 0) is 4.74 Å². The molecule has 0 unspecified atom stereocenters. The molecule has 25 heavy (non-hydrogen) atoms. The molecular formula is C19H20N4O2. The van der Waals surface area contributed by atoms with E-state index in [1.165, 1.54) is 0 Å². The van der Waals surface area contributed by atoms with Gasteiger partial charge in [0.25, 0.3) is 5.91 Å². The van der Waals surface area contributed by atoms with E-state index < -0.39 is 0 Å². The van der Waals surface area contributed by atoms with E-state index >= 15 is 0 Å². The Bertz CT molecular complexity index is 870. The van der Waals surface area contributed by atoms with Gasteiger partial charge in [0.05, 0.1) is 5.52 Å². The van der Waals surface area contributed by atoms with Crippen LogP contribution >= 0.6 is 0 Å². The Morgan fingerprint density at radius 3 is 2.92 bits per heavy atom. The third-order valence-corrected chi connectivity index (χ3v) is 4.58. The summed E-state index contributed by atoms with van der Waals surface area (Å²) in [6.45, 7) is 2.22. The summed E-state index contributed by atoms with van der Waals surface area (Å²) in [4.78, 5) is 21.5. The van der Waals surface area contributed by atoms with Crippen molar-refractivity contribution in [1.29, 1.82) is 0 Å². The summed E-state index contributed by atoms with van der Waals surface area (Å²) in [5, 5.41) is 3.04. The van der Waals surface area contributed by atoms with Crippen molar-refractivity contribution >= 4 is 11.4 Å². The van der Waals surface area contributed by atoms with Gasteiger partial charge in [0.1, 0.15) is 5.82 Å². The minimum atomic E-state index is -0.134. The molecule has 0 radical (unpaired) electrons. The number of hydrogen-bond acceptors (Lipinski definition) is 4. The molecule has 0 saturated carbocycles. The highest BCUT2D eigenvalue weighted by molar-refractivity contribution is 6.00. The topological polar surface area (TPSA) is 68.5 Å². The number of carbonyl (C=O) groups is 1. The van der Waals surface area contributed by atoms with Crippen molar-refractivity contribution in [3.05, 3.63) is 54.6 Å². The van der Waals surface area contributed by atoms with Gasteiger partial charge in [0, 0.05) is 43.9 Å². The lowest BCUT2D eigenvalue weighted by atomic mass is 10.0. The third kappa shape index (κ3) is 3.25. The van der Waals surface area contributed by atoms with Gasteiger partial charge in [-0.15, -0.1) is 0 Å². The van der Waals surface area contributed by atoms with Gasteiger partial charge in [0.15, 0.2) is 5.69 Å². The number of ether oxygens (including phenoxy) is 1. The molecule has 4 rings (SSSR count). The van der Waals surface area contributed by atoms with Gasteiger partial charge in [-0.1, -0.05) is 6.07 Å². The summed E-state index contributed by atoms with van der Waals surface area (Å²) in [7, 11) is 0. The van der Waals surface area contributed by atoms with Crippen LogP contribution < -0.4 is 5.32 Å². The molecule has 1 aliphatic rings. The highest BCUT2D eigenvalue weighted by Crippen LogP contribution is 2.22. The smallest absolute Gasteiger partial charge is 0.272 e. The van der Waals surface area contributed by atoms with Crippen LogP contribution in [0.25, 0.3) is 16.9 Å². The molecular weight excluding hydrogens is 316 g/mol. The average molecular weight is 336 g/mol. The number of hydrogen-bond donors (Lipinski definition) is 1. The molecule has 1 N–H and O–H groups in total. The molecule has 128 valence electrons. The number of imidazole rings is 1. The maximum absolute atomic E-state index is 12.7. The Balaban J connectivity index is 1.62. The summed E-state index contributed by atoms with van der Waals surface area (Å²) < 4.78 is 7.30. The standard InChI is InChI=1S/C19H20N4O2/c24-19(21-12-14-6-10-25-11-7-14)17-16-5-1-2-9-23(16)18(22-17)15-4-3-8-20-13-15/h1-5,8-9,13-14H,6-7,10-12H2,(H,21,24). The number of carbonyl (C=O) groups excluding carboxylic acids is 1. The molecule has 1 aliphatic heterocycles. The van der Waals surface area contributed by atoms with Gasteiger partial charge in [-0.25, -0.2) is 4.98 Å². The SMILES string of the molecule is O=C(NCC1CCOCC1)c1nc(-c2cccnc2)n2ccccc12. The Morgan fingerprint density at radius 2 is 2.12 bits per heavy atom. The van der Waals surface area contributed by atoms with Crippen LogP contribution in [0.3, 0.4) is 0 Å². The summed E-state index contributed by atoms with van der Waals surface area (Å²) in [6.07, 6.45) is 7.38. The van der Waals surface area contributed by atoms with Gasteiger partial charge in [0.2, 0.25) is 0 Å². The average Bonchev–Trinajstić information content (AvgIpc) is 3.07. The molecule has 1 fully saturated rings. The second-order valence-electron chi connectivity index (χ2n) is 6.25. The zero-order valence-corrected chi connectivity index (χ0v) is 13.9. The lowest BCUT2D eigenvalue weighted by Gasteiger charge is -2.21. The van der Waals surface area contributed by atoms with Crippen molar-refractivity contribution in [3.8, 4) is 11.4 Å². The van der Waals surface area contributed by atoms with Crippen molar-refractivity contribution in [2.24, 2.45) is 5.92 Å². The van der Waals surface area contributed by atoms with Crippen LogP contribution in [0, 0.1) is 5.92 Å². The summed E-state index contributed by atoms with van der Waals surface area (Å²) in [5.74, 6) is 1.06. The van der Waals surface area contributed by atoms with E-state index in [9.17, 15) is 4.79 Å². The van der Waals surface area contributed by atoms with Crippen LogP contribution in [0.2, 0.25) is 0 Å². The minimum Gasteiger partial charge on any atom is -0.381 e. The highest BCUT2D eigenvalue weighted by Gasteiger charge is 2.20. The van der Waals surface area contributed by atoms with Gasteiger partial charge in [-0.2, -0.15) is 0 Å². The quantitative estimate of drug-likeness (QED) is 0.795. The van der Waals surface area contributed by atoms with Crippen molar-refractivity contribution < 1.29 is 9.53 Å². The molecule has 1 amide bonds. The summed E-state index contributed by atoms with van der Waals surface area (Å²) in [5.41, 5.74) is 2.13. The van der Waals surface area contributed by atoms with Gasteiger partial charge in [-0.05, 0) is 43.0 Å². The third-order valence-electron chi connectivity index (χ3n) is 4.58. The van der Waals surface area contributed by atoms with E-state index in [4.69, 9.17) is 4.74 Å². The molecule has 3 aromatic heterocycles. The molecule has 0 spiro atoms. The first-order valence-corrected chi connectivity index (χ1v) is 8.56. The number of pyridine rings is 2. The molecule has 0 bridgehead atoms. The molecule has 0 aromatic carbocycles. The number of aromatic nitrogens is 3. The molecule has 6 heteroatoms. The second-order valence-corrected chi connectivity index (χ2v) is 6.25. The zero-order chi connectivity index (χ0) is 17.1. The largest absolute Gasteiger partial charge is 0.381 e. The van der Waals surface area contributed by atoms with Crippen molar-refractivity contribution in [2.75, 3.05) is 19.8 Å². The number of fused-ring (bicyclic) bond motifs is 1. The Morgan fingerprint density at radius 1 is 1.24 bits per heavy atom. The van der Waals surface area contributed by atoms with Crippen molar-refractivity contribution in [1.82, 2.24) is 19.7 Å². The monoisotopic (exact) mass is 336 g/mol. The van der Waals surface area contributed by atoms with Gasteiger partial charge >= 0.3 is 0 Å². The van der Waals surface area contributed by atoms with E-state index in [1.807, 2.05) is 40.9 Å². The van der Waals surface area contributed by atoms with E-state index in [-0.39, 0.29) is 5.91 Å². The lowest BCUT2D eigenvalue weighted by molar-refractivity contribution is 0.0642. The first-order chi connectivity index (χ1) is 12.3. The number of nitrogens with zero attached hydrogens (tertiary/aromatic N) is 3. The fraction of sp³-hybridized carbons (Fsp3) is 0.316. The molecule has 1 saturated heterocycles. The molecule has 0 aliphatic carbocycles. The molecule has 0 atom stereocenters. The lowest BCUT2D eigenvalue weighted by Crippen LogP contribution is -2.32. The van der Waals surface area contributed by atoms with Crippen LogP contribution in [0.1, 0.15) is 23.3 Å². The minimum absolute atomic E-state index is 0.134. The highest BCUT2D eigenvalue weighted by atomic mass is 16.5. The number of nitrogens with one attached hydrogen (secondary N) is 1. The number of amides is 1. The fourth-order valence-electron chi connectivity index (χ4n) is 3.17. The first-order valence-electron chi connectivity index (χ1n) is 8.56. The maximum Gasteiger partial charge on any atom is 0.272 e. The van der Waals surface area contributed by atoms with E-state index in [2.05, 4.69) is 15.3 Å². The Labute approximate surface area is 145 Å². The predicted octanol–water partition coefficient (Wildman–Crippen LogP) is 2.55. The van der Waals surface area contributed by atoms with Crippen LogP contribution in [0.4, 0.5) is 0 Å². The summed E-state index contributed by atoms with van der Waals surface area (Å²) >= 11 is 0. The maximum atomic E-state index is 12.7. The predicted molar refractivity (Wildman–Crippen MR) is 94.3 cm³/mol. The van der Waals surface area contributed by atoms with Crippen molar-refractivity contribution in [3.63, 3.8) is 0 Å². The molecule has 4 heterocycles. The molecule has 6 nitrogen and oxygen atoms in total. The first kappa shape index (κ1) is 15.8. The van der Waals surface area contributed by atoms with Crippen LogP contribution in [-0.4, -0.2) is 40.0 Å². The summed E-state index contributed by atoms with van der Waals surface area (Å²) in [6, 6.07) is 9.57. The van der Waals surface area contributed by atoms with Crippen LogP contribution in [0.15, 0.2) is 48.9 Å². The fourth-order valence-corrected chi connectivity index (χ4v) is 3.17. The Kier molecular flexibility index (Phi) is 4.43. The Hall–Kier alpha value is -2.73. The normalized spacial score (nSPS) is 15.4. The van der Waals surface area contributed by atoms with Gasteiger partial charge < -0.3 is 10.1 Å². The van der Waals surface area contributed by atoms with E-state index in [0.717, 1.165) is 43.0 Å². The van der Waals surface area contributed by atoms with Gasteiger partial charge in [-0.3, -0.25) is 14.2 Å². The zero-order valence-electron chi connectivity index (χ0n) is 13.9. The van der Waals surface area contributed by atoms with Crippen LogP contribution in [0.5, 0.6) is 0 Å².